The average molecular weight is 365 g/mol. The van der Waals surface area contributed by atoms with Gasteiger partial charge in [-0.3, -0.25) is 19.7 Å². The molecule has 1 saturated heterocycles. The molecular formula is C19H19N5O3. The number of amides is 3. The topological polar surface area (TPSA) is 117 Å². The van der Waals surface area contributed by atoms with Crippen molar-refractivity contribution in [2.24, 2.45) is 0 Å². The molecule has 1 atom stereocenters. The number of pyridine rings is 1. The zero-order chi connectivity index (χ0) is 19.0. The lowest BCUT2D eigenvalue weighted by atomic mass is 10.0. The Morgan fingerprint density at radius 2 is 2.07 bits per heavy atom. The third-order valence-electron chi connectivity index (χ3n) is 4.87. The van der Waals surface area contributed by atoms with Crippen molar-refractivity contribution in [1.82, 2.24) is 15.2 Å². The number of carbonyl (C=O) groups excluding carboxylic acids is 3. The van der Waals surface area contributed by atoms with Gasteiger partial charge in [0.2, 0.25) is 11.8 Å². The molecule has 2 aliphatic rings. The predicted molar refractivity (Wildman–Crippen MR) is 98.5 cm³/mol. The van der Waals surface area contributed by atoms with E-state index in [0.29, 0.717) is 30.9 Å². The van der Waals surface area contributed by atoms with E-state index in [0.717, 1.165) is 16.8 Å². The van der Waals surface area contributed by atoms with Crippen LogP contribution in [0.25, 0.3) is 0 Å². The Morgan fingerprint density at radius 1 is 1.22 bits per heavy atom. The number of aromatic nitrogens is 1. The first-order valence-electron chi connectivity index (χ1n) is 8.73. The summed E-state index contributed by atoms with van der Waals surface area (Å²) in [5.74, 6) is -0.423. The van der Waals surface area contributed by atoms with Crippen LogP contribution in [0, 0.1) is 0 Å². The maximum Gasteiger partial charge on any atom is 0.255 e. The summed E-state index contributed by atoms with van der Waals surface area (Å²) in [7, 11) is 0. The smallest absolute Gasteiger partial charge is 0.255 e. The largest absolute Gasteiger partial charge is 0.384 e. The number of nitrogen functional groups attached to an aromatic ring is 1. The molecule has 1 unspecified atom stereocenters. The standard InChI is InChI=1S/C19H19N5O3/c20-16-8-13(5-6-21-16)22-9-11-1-2-12-10-24(19(27)14(12)7-11)15-3-4-17(25)23-18(15)26/h1-2,5-8,15H,3-4,9-10H2,(H3,20,21,22)(H,23,25,26). The Morgan fingerprint density at radius 3 is 2.85 bits per heavy atom. The number of benzene rings is 1. The van der Waals surface area contributed by atoms with Crippen LogP contribution in [-0.4, -0.2) is 33.6 Å². The van der Waals surface area contributed by atoms with Gasteiger partial charge in [0.15, 0.2) is 0 Å². The minimum Gasteiger partial charge on any atom is -0.384 e. The first-order valence-corrected chi connectivity index (χ1v) is 8.73. The van der Waals surface area contributed by atoms with Crippen LogP contribution in [0.2, 0.25) is 0 Å². The van der Waals surface area contributed by atoms with Crippen LogP contribution in [0.4, 0.5) is 11.5 Å². The molecule has 8 nitrogen and oxygen atoms in total. The van der Waals surface area contributed by atoms with Gasteiger partial charge < -0.3 is 16.0 Å². The molecule has 0 spiro atoms. The number of hydrogen-bond donors (Lipinski definition) is 3. The summed E-state index contributed by atoms with van der Waals surface area (Å²) < 4.78 is 0. The van der Waals surface area contributed by atoms with Crippen molar-refractivity contribution in [3.8, 4) is 0 Å². The summed E-state index contributed by atoms with van der Waals surface area (Å²) in [5.41, 5.74) is 8.96. The normalized spacial score (nSPS) is 19.0. The Kier molecular flexibility index (Phi) is 4.23. The summed E-state index contributed by atoms with van der Waals surface area (Å²) in [5, 5.41) is 5.56. The predicted octanol–water partition coefficient (Wildman–Crippen LogP) is 1.04. The number of hydrogen-bond acceptors (Lipinski definition) is 6. The highest BCUT2D eigenvalue weighted by atomic mass is 16.2. The minimum absolute atomic E-state index is 0.172. The van der Waals surface area contributed by atoms with Gasteiger partial charge >= 0.3 is 0 Å². The Bertz CT molecular complexity index is 943. The molecule has 0 bridgehead atoms. The van der Waals surface area contributed by atoms with Crippen LogP contribution in [-0.2, 0) is 22.7 Å². The zero-order valence-electron chi connectivity index (χ0n) is 14.6. The maximum absolute atomic E-state index is 12.8. The van der Waals surface area contributed by atoms with Gasteiger partial charge in [-0.05, 0) is 29.7 Å². The van der Waals surface area contributed by atoms with Gasteiger partial charge in [-0.25, -0.2) is 4.98 Å². The Balaban J connectivity index is 1.48. The van der Waals surface area contributed by atoms with Crippen LogP contribution >= 0.6 is 0 Å². The molecule has 1 fully saturated rings. The molecular weight excluding hydrogens is 346 g/mol. The van der Waals surface area contributed by atoms with E-state index in [1.807, 2.05) is 24.3 Å². The van der Waals surface area contributed by atoms with Crippen molar-refractivity contribution >= 4 is 29.2 Å². The number of piperidine rings is 1. The van der Waals surface area contributed by atoms with Crippen LogP contribution in [0.1, 0.15) is 34.3 Å². The number of carbonyl (C=O) groups is 3. The zero-order valence-corrected chi connectivity index (χ0v) is 14.6. The number of fused-ring (bicyclic) bond motifs is 1. The number of anilines is 2. The second kappa shape index (κ2) is 6.71. The van der Waals surface area contributed by atoms with Crippen LogP contribution in [0.5, 0.6) is 0 Å². The van der Waals surface area contributed by atoms with Crippen molar-refractivity contribution in [2.75, 3.05) is 11.1 Å². The number of nitrogens with one attached hydrogen (secondary N) is 2. The lowest BCUT2D eigenvalue weighted by Crippen LogP contribution is -2.52. The molecule has 3 heterocycles. The summed E-state index contributed by atoms with van der Waals surface area (Å²) >= 11 is 0. The molecule has 27 heavy (non-hydrogen) atoms. The van der Waals surface area contributed by atoms with E-state index >= 15 is 0 Å². The monoisotopic (exact) mass is 365 g/mol. The SMILES string of the molecule is Nc1cc(NCc2ccc3c(c2)C(=O)N(C2CCC(=O)NC2=O)C3)ccn1. The quantitative estimate of drug-likeness (QED) is 0.697. The molecule has 0 aliphatic carbocycles. The second-order valence-corrected chi connectivity index (χ2v) is 6.71. The molecule has 8 heteroatoms. The number of nitrogens with two attached hydrogens (primary N) is 1. The van der Waals surface area contributed by atoms with Gasteiger partial charge in [0.25, 0.3) is 5.91 Å². The Hall–Kier alpha value is -3.42. The highest BCUT2D eigenvalue weighted by Gasteiger charge is 2.39. The van der Waals surface area contributed by atoms with Crippen molar-refractivity contribution in [3.05, 3.63) is 53.2 Å². The molecule has 4 rings (SSSR count). The maximum atomic E-state index is 12.8. The third kappa shape index (κ3) is 3.33. The number of nitrogens with zero attached hydrogens (tertiary/aromatic N) is 2. The molecule has 4 N–H and O–H groups in total. The van der Waals surface area contributed by atoms with Gasteiger partial charge in [0.1, 0.15) is 11.9 Å². The lowest BCUT2D eigenvalue weighted by Gasteiger charge is -2.29. The molecule has 1 aromatic heterocycles. The fourth-order valence-electron chi connectivity index (χ4n) is 3.47. The molecule has 3 amide bonds. The summed E-state index contributed by atoms with van der Waals surface area (Å²) in [6.07, 6.45) is 2.24. The van der Waals surface area contributed by atoms with E-state index in [1.54, 1.807) is 17.2 Å². The van der Waals surface area contributed by atoms with E-state index < -0.39 is 11.9 Å². The van der Waals surface area contributed by atoms with Crippen LogP contribution < -0.4 is 16.4 Å². The van der Waals surface area contributed by atoms with Gasteiger partial charge in [0, 0.05) is 43.0 Å². The molecule has 2 aliphatic heterocycles. The van der Waals surface area contributed by atoms with Crippen molar-refractivity contribution < 1.29 is 14.4 Å². The third-order valence-corrected chi connectivity index (χ3v) is 4.87. The molecule has 138 valence electrons. The fraction of sp³-hybridized carbons (Fsp3) is 0.263. The molecule has 0 saturated carbocycles. The van der Waals surface area contributed by atoms with E-state index in [4.69, 9.17) is 5.73 Å². The average Bonchev–Trinajstić information content (AvgIpc) is 2.96. The van der Waals surface area contributed by atoms with E-state index in [2.05, 4.69) is 15.6 Å². The van der Waals surface area contributed by atoms with Crippen LogP contribution in [0.3, 0.4) is 0 Å². The van der Waals surface area contributed by atoms with Crippen LogP contribution in [0.15, 0.2) is 36.5 Å². The Labute approximate surface area is 155 Å². The van der Waals surface area contributed by atoms with Crippen molar-refractivity contribution in [3.63, 3.8) is 0 Å². The second-order valence-electron chi connectivity index (χ2n) is 6.71. The molecule has 1 aromatic carbocycles. The van der Waals surface area contributed by atoms with Gasteiger partial charge in [-0.1, -0.05) is 12.1 Å². The van der Waals surface area contributed by atoms with Crippen molar-refractivity contribution in [1.29, 1.82) is 0 Å². The fourth-order valence-corrected chi connectivity index (χ4v) is 3.47. The summed E-state index contributed by atoms with van der Waals surface area (Å²) in [4.78, 5) is 41.7. The number of imide groups is 1. The first-order chi connectivity index (χ1) is 13.0. The van der Waals surface area contributed by atoms with E-state index in [-0.39, 0.29) is 18.2 Å². The lowest BCUT2D eigenvalue weighted by molar-refractivity contribution is -0.136. The van der Waals surface area contributed by atoms with Crippen molar-refractivity contribution in [2.45, 2.75) is 32.0 Å². The molecule has 0 radical (unpaired) electrons. The van der Waals surface area contributed by atoms with Gasteiger partial charge in [-0.2, -0.15) is 0 Å². The highest BCUT2D eigenvalue weighted by Crippen LogP contribution is 2.28. The van der Waals surface area contributed by atoms with E-state index in [9.17, 15) is 14.4 Å². The van der Waals surface area contributed by atoms with E-state index in [1.165, 1.54) is 0 Å². The minimum atomic E-state index is -0.594. The highest BCUT2D eigenvalue weighted by molar-refractivity contribution is 6.05. The summed E-state index contributed by atoms with van der Waals surface area (Å²) in [6.45, 7) is 0.914. The van der Waals surface area contributed by atoms with Gasteiger partial charge in [0.05, 0.1) is 0 Å². The summed E-state index contributed by atoms with van der Waals surface area (Å²) in [6, 6.07) is 8.68. The first kappa shape index (κ1) is 17.0. The van der Waals surface area contributed by atoms with Gasteiger partial charge in [-0.15, -0.1) is 0 Å². The number of rotatable bonds is 4. The molecule has 2 aromatic rings.